The van der Waals surface area contributed by atoms with Crippen LogP contribution in [0.1, 0.15) is 0 Å². The smallest absolute Gasteiger partial charge is 0.327 e. The molecule has 7 nitrogen and oxygen atoms in total. The van der Waals surface area contributed by atoms with E-state index in [0.717, 1.165) is 0 Å². The van der Waals surface area contributed by atoms with Crippen molar-refractivity contribution in [2.45, 2.75) is 0 Å². The van der Waals surface area contributed by atoms with Crippen LogP contribution in [0.15, 0.2) is 57.6 Å². The molecule has 2 amide bonds. The van der Waals surface area contributed by atoms with Gasteiger partial charge in [-0.3, -0.25) is 5.32 Å². The van der Waals surface area contributed by atoms with Crippen LogP contribution in [0.25, 0.3) is 11.7 Å². The quantitative estimate of drug-likeness (QED) is 0.763. The third-order valence-corrected chi connectivity index (χ3v) is 2.41. The van der Waals surface area contributed by atoms with E-state index in [-0.39, 0.29) is 11.9 Å². The van der Waals surface area contributed by atoms with Crippen LogP contribution in [-0.2, 0) is 0 Å². The van der Waals surface area contributed by atoms with Crippen molar-refractivity contribution in [2.75, 3.05) is 10.6 Å². The molecule has 20 heavy (non-hydrogen) atoms. The summed E-state index contributed by atoms with van der Waals surface area (Å²) in [6.07, 6.45) is 1.49. The number of benzene rings is 1. The molecule has 0 radical (unpaired) electrons. The zero-order valence-electron chi connectivity index (χ0n) is 10.2. The fraction of sp³-hybridized carbons (Fsp3) is 0. The standard InChI is InChI=1S/C13H10N4O3/c18-12(14-9-5-2-1-3-6-9)15-13-17-16-11(20-13)10-7-4-8-19-10/h1-8H,(H2,14,15,17,18). The molecule has 3 rings (SSSR count). The summed E-state index contributed by atoms with van der Waals surface area (Å²) in [7, 11) is 0. The van der Waals surface area contributed by atoms with Crippen LogP contribution in [0.3, 0.4) is 0 Å². The van der Waals surface area contributed by atoms with Gasteiger partial charge in [-0.15, -0.1) is 5.10 Å². The minimum absolute atomic E-state index is 0.00942. The molecule has 0 aliphatic heterocycles. The molecule has 1 aromatic carbocycles. The molecule has 0 unspecified atom stereocenters. The Hall–Kier alpha value is -3.09. The Labute approximate surface area is 113 Å². The van der Waals surface area contributed by atoms with Crippen molar-refractivity contribution in [3.8, 4) is 11.7 Å². The lowest BCUT2D eigenvalue weighted by Gasteiger charge is -2.03. The van der Waals surface area contributed by atoms with E-state index in [1.54, 1.807) is 24.3 Å². The number of carbonyl (C=O) groups excluding carboxylic acids is 1. The summed E-state index contributed by atoms with van der Waals surface area (Å²) in [5.41, 5.74) is 0.663. The van der Waals surface area contributed by atoms with Gasteiger partial charge in [-0.05, 0) is 24.3 Å². The Morgan fingerprint density at radius 3 is 2.60 bits per heavy atom. The summed E-state index contributed by atoms with van der Waals surface area (Å²) in [4.78, 5) is 11.7. The first-order chi connectivity index (χ1) is 9.81. The Kier molecular flexibility index (Phi) is 3.15. The Bertz CT molecular complexity index is 692. The number of anilines is 2. The van der Waals surface area contributed by atoms with Gasteiger partial charge in [0.15, 0.2) is 5.76 Å². The zero-order valence-corrected chi connectivity index (χ0v) is 10.2. The largest absolute Gasteiger partial charge is 0.459 e. The molecule has 0 atom stereocenters. The molecule has 0 aliphatic carbocycles. The van der Waals surface area contributed by atoms with Crippen molar-refractivity contribution in [1.29, 1.82) is 0 Å². The van der Waals surface area contributed by atoms with Gasteiger partial charge in [0, 0.05) is 5.69 Å². The van der Waals surface area contributed by atoms with Crippen molar-refractivity contribution in [3.63, 3.8) is 0 Å². The average Bonchev–Trinajstić information content (AvgIpc) is 3.10. The fourth-order valence-electron chi connectivity index (χ4n) is 1.55. The number of aromatic nitrogens is 2. The first kappa shape index (κ1) is 12.0. The molecule has 0 saturated carbocycles. The maximum atomic E-state index is 11.7. The molecular weight excluding hydrogens is 260 g/mol. The zero-order chi connectivity index (χ0) is 13.8. The van der Waals surface area contributed by atoms with Gasteiger partial charge in [-0.2, -0.15) is 0 Å². The van der Waals surface area contributed by atoms with Crippen molar-refractivity contribution in [2.24, 2.45) is 0 Å². The van der Waals surface area contributed by atoms with E-state index in [4.69, 9.17) is 8.83 Å². The number of furan rings is 1. The predicted octanol–water partition coefficient (Wildman–Crippen LogP) is 2.97. The van der Waals surface area contributed by atoms with Crippen LogP contribution in [-0.4, -0.2) is 16.2 Å². The second kappa shape index (κ2) is 5.27. The number of carbonyl (C=O) groups is 1. The number of nitrogens with zero attached hydrogens (tertiary/aromatic N) is 2. The van der Waals surface area contributed by atoms with Gasteiger partial charge in [-0.1, -0.05) is 23.3 Å². The molecule has 0 aliphatic rings. The van der Waals surface area contributed by atoms with E-state index >= 15 is 0 Å². The molecule has 0 fully saturated rings. The van der Waals surface area contributed by atoms with Crippen LogP contribution < -0.4 is 10.6 Å². The number of hydrogen-bond acceptors (Lipinski definition) is 5. The second-order valence-corrected chi connectivity index (χ2v) is 3.83. The number of rotatable bonds is 3. The fourth-order valence-corrected chi connectivity index (χ4v) is 1.55. The summed E-state index contributed by atoms with van der Waals surface area (Å²) < 4.78 is 10.4. The first-order valence-corrected chi connectivity index (χ1v) is 5.82. The number of para-hydroxylation sites is 1. The van der Waals surface area contributed by atoms with Gasteiger partial charge in [0.1, 0.15) is 0 Å². The summed E-state index contributed by atoms with van der Waals surface area (Å²) in [5, 5.41) is 12.5. The van der Waals surface area contributed by atoms with E-state index in [2.05, 4.69) is 20.8 Å². The minimum Gasteiger partial charge on any atom is -0.459 e. The van der Waals surface area contributed by atoms with Crippen LogP contribution in [0.4, 0.5) is 16.5 Å². The molecule has 2 heterocycles. The van der Waals surface area contributed by atoms with E-state index in [0.29, 0.717) is 11.4 Å². The van der Waals surface area contributed by atoms with Gasteiger partial charge in [0.2, 0.25) is 0 Å². The SMILES string of the molecule is O=C(Nc1ccccc1)Nc1nnc(-c2ccco2)o1. The number of hydrogen-bond donors (Lipinski definition) is 2. The highest BCUT2D eigenvalue weighted by Crippen LogP contribution is 2.19. The van der Waals surface area contributed by atoms with Crippen molar-refractivity contribution in [3.05, 3.63) is 48.7 Å². The van der Waals surface area contributed by atoms with Gasteiger partial charge in [0.05, 0.1) is 6.26 Å². The molecule has 2 aromatic heterocycles. The number of nitrogens with one attached hydrogen (secondary N) is 2. The lowest BCUT2D eigenvalue weighted by atomic mass is 10.3. The molecule has 2 N–H and O–H groups in total. The molecule has 0 bridgehead atoms. The predicted molar refractivity (Wildman–Crippen MR) is 71.1 cm³/mol. The van der Waals surface area contributed by atoms with Crippen molar-refractivity contribution >= 4 is 17.7 Å². The maximum Gasteiger partial charge on any atom is 0.327 e. The van der Waals surface area contributed by atoms with E-state index in [9.17, 15) is 4.79 Å². The monoisotopic (exact) mass is 270 g/mol. The molecular formula is C13H10N4O3. The normalized spacial score (nSPS) is 10.2. The summed E-state index contributed by atoms with van der Waals surface area (Å²) in [6, 6.07) is 11.9. The van der Waals surface area contributed by atoms with Crippen LogP contribution >= 0.6 is 0 Å². The lowest BCUT2D eigenvalue weighted by molar-refractivity contribution is 0.261. The molecule has 3 aromatic rings. The van der Waals surface area contributed by atoms with Crippen molar-refractivity contribution < 1.29 is 13.6 Å². The average molecular weight is 270 g/mol. The van der Waals surface area contributed by atoms with Gasteiger partial charge in [0.25, 0.3) is 5.89 Å². The third kappa shape index (κ3) is 2.66. The first-order valence-electron chi connectivity index (χ1n) is 5.82. The third-order valence-electron chi connectivity index (χ3n) is 2.41. The van der Waals surface area contributed by atoms with Crippen LogP contribution in [0.2, 0.25) is 0 Å². The molecule has 0 spiro atoms. The highest BCUT2D eigenvalue weighted by molar-refractivity contribution is 5.98. The van der Waals surface area contributed by atoms with Crippen LogP contribution in [0.5, 0.6) is 0 Å². The Morgan fingerprint density at radius 1 is 1.00 bits per heavy atom. The van der Waals surface area contributed by atoms with Gasteiger partial charge < -0.3 is 14.2 Å². The van der Waals surface area contributed by atoms with E-state index < -0.39 is 6.03 Å². The van der Waals surface area contributed by atoms with Gasteiger partial charge >= 0.3 is 12.0 Å². The number of urea groups is 1. The minimum atomic E-state index is -0.467. The molecule has 100 valence electrons. The maximum absolute atomic E-state index is 11.7. The Balaban J connectivity index is 1.65. The van der Waals surface area contributed by atoms with Gasteiger partial charge in [-0.25, -0.2) is 4.79 Å². The summed E-state index contributed by atoms with van der Waals surface area (Å²) >= 11 is 0. The Morgan fingerprint density at radius 2 is 1.85 bits per heavy atom. The van der Waals surface area contributed by atoms with E-state index in [1.165, 1.54) is 6.26 Å². The molecule has 7 heteroatoms. The second-order valence-electron chi connectivity index (χ2n) is 3.83. The van der Waals surface area contributed by atoms with E-state index in [1.807, 2.05) is 18.2 Å². The van der Waals surface area contributed by atoms with Crippen molar-refractivity contribution in [1.82, 2.24) is 10.2 Å². The topological polar surface area (TPSA) is 93.2 Å². The summed E-state index contributed by atoms with van der Waals surface area (Å²) in [5.74, 6) is 0.638. The highest BCUT2D eigenvalue weighted by atomic mass is 16.4. The lowest BCUT2D eigenvalue weighted by Crippen LogP contribution is -2.19. The summed E-state index contributed by atoms with van der Waals surface area (Å²) in [6.45, 7) is 0. The number of amides is 2. The highest BCUT2D eigenvalue weighted by Gasteiger charge is 2.12. The van der Waals surface area contributed by atoms with Crippen LogP contribution in [0, 0.1) is 0 Å². The molecule has 0 saturated heterocycles.